The summed E-state index contributed by atoms with van der Waals surface area (Å²) in [5.41, 5.74) is 3.44. The molecular weight excluding hydrogens is 526 g/mol. The van der Waals surface area contributed by atoms with Gasteiger partial charge in [0.25, 0.3) is 10.0 Å². The van der Waals surface area contributed by atoms with Gasteiger partial charge in [0.05, 0.1) is 10.6 Å². The van der Waals surface area contributed by atoms with Gasteiger partial charge in [0.2, 0.25) is 21.9 Å². The number of hydrogen-bond donors (Lipinski definition) is 2. The van der Waals surface area contributed by atoms with Crippen molar-refractivity contribution in [2.45, 2.75) is 44.3 Å². The highest BCUT2D eigenvalue weighted by Gasteiger charge is 2.31. The number of carbonyl (C=O) groups excluding carboxylic acids is 1. The van der Waals surface area contributed by atoms with E-state index in [2.05, 4.69) is 20.0 Å². The molecule has 38 heavy (non-hydrogen) atoms. The number of carbonyl (C=O) groups is 1. The van der Waals surface area contributed by atoms with E-state index >= 15 is 0 Å². The first kappa shape index (κ1) is 27.7. The average Bonchev–Trinajstić information content (AvgIpc) is 2.85. The molecule has 1 saturated heterocycles. The molecule has 0 atom stereocenters. The van der Waals surface area contributed by atoms with Crippen molar-refractivity contribution in [3.63, 3.8) is 0 Å². The van der Waals surface area contributed by atoms with Crippen molar-refractivity contribution >= 4 is 37.6 Å². The number of aryl methyl sites for hydroxylation is 3. The third-order valence-electron chi connectivity index (χ3n) is 6.46. The Hall–Kier alpha value is -3.35. The number of nitrogens with one attached hydrogen (secondary N) is 2. The van der Waals surface area contributed by atoms with Gasteiger partial charge in [0.15, 0.2) is 0 Å². The van der Waals surface area contributed by atoms with Crippen LogP contribution < -0.4 is 10.0 Å². The Morgan fingerprint density at radius 2 is 1.53 bits per heavy atom. The fourth-order valence-electron chi connectivity index (χ4n) is 4.37. The highest BCUT2D eigenvalue weighted by Crippen LogP contribution is 2.24. The van der Waals surface area contributed by atoms with E-state index in [-0.39, 0.29) is 41.5 Å². The monoisotopic (exact) mass is 557 g/mol. The summed E-state index contributed by atoms with van der Waals surface area (Å²) < 4.78 is 55.1. The van der Waals surface area contributed by atoms with Crippen LogP contribution in [0.3, 0.4) is 0 Å². The smallest absolute Gasteiger partial charge is 0.264 e. The summed E-state index contributed by atoms with van der Waals surface area (Å²) in [6.07, 6.45) is 0.816. The number of rotatable bonds is 8. The van der Waals surface area contributed by atoms with Crippen molar-refractivity contribution in [1.29, 1.82) is 0 Å². The molecule has 2 heterocycles. The standard InChI is InChI=1S/C26H31N5O5S2/c1-18-6-4-5-7-22(18)17-37(33,34)31-14-12-21(13-15-31)25(32)29-23-8-10-24(11-9-23)38(35,36)30-26-27-19(2)16-20(3)28-26/h4-11,16,21H,12-15,17H2,1-3H3,(H,29,32)(H,27,28,30). The van der Waals surface area contributed by atoms with Gasteiger partial charge in [-0.25, -0.2) is 35.8 Å². The molecule has 0 radical (unpaired) electrons. The van der Waals surface area contributed by atoms with Gasteiger partial charge < -0.3 is 5.32 Å². The summed E-state index contributed by atoms with van der Waals surface area (Å²) in [5, 5.41) is 2.81. The number of benzene rings is 2. The molecule has 2 N–H and O–H groups in total. The number of anilines is 2. The highest BCUT2D eigenvalue weighted by molar-refractivity contribution is 7.92. The molecule has 12 heteroatoms. The van der Waals surface area contributed by atoms with E-state index in [0.29, 0.717) is 29.9 Å². The zero-order chi connectivity index (χ0) is 27.5. The first-order valence-corrected chi connectivity index (χ1v) is 15.3. The summed E-state index contributed by atoms with van der Waals surface area (Å²) in [7, 11) is -7.39. The zero-order valence-electron chi connectivity index (χ0n) is 21.5. The molecule has 4 rings (SSSR count). The van der Waals surface area contributed by atoms with E-state index in [1.54, 1.807) is 19.9 Å². The molecule has 1 aromatic heterocycles. The van der Waals surface area contributed by atoms with Gasteiger partial charge in [0.1, 0.15) is 0 Å². The number of hydrogen-bond acceptors (Lipinski definition) is 7. The third kappa shape index (κ3) is 6.74. The number of piperidine rings is 1. The van der Waals surface area contributed by atoms with Gasteiger partial charge >= 0.3 is 0 Å². The van der Waals surface area contributed by atoms with Crippen LogP contribution in [0.15, 0.2) is 59.5 Å². The third-order valence-corrected chi connectivity index (χ3v) is 9.63. The molecule has 1 aliphatic rings. The maximum Gasteiger partial charge on any atom is 0.264 e. The van der Waals surface area contributed by atoms with Gasteiger partial charge in [-0.15, -0.1) is 0 Å². The van der Waals surface area contributed by atoms with E-state index < -0.39 is 20.0 Å². The summed E-state index contributed by atoms with van der Waals surface area (Å²) in [6.45, 7) is 5.93. The minimum Gasteiger partial charge on any atom is -0.326 e. The number of nitrogens with zero attached hydrogens (tertiary/aromatic N) is 3. The van der Waals surface area contributed by atoms with Crippen molar-refractivity contribution in [1.82, 2.24) is 14.3 Å². The Kier molecular flexibility index (Phi) is 8.14. The minimum absolute atomic E-state index is 0.00502. The van der Waals surface area contributed by atoms with Gasteiger partial charge in [-0.2, -0.15) is 0 Å². The zero-order valence-corrected chi connectivity index (χ0v) is 23.1. The van der Waals surface area contributed by atoms with Crippen LogP contribution in [0, 0.1) is 26.7 Å². The first-order valence-electron chi connectivity index (χ1n) is 12.2. The Morgan fingerprint density at radius 1 is 0.921 bits per heavy atom. The molecule has 1 amide bonds. The molecule has 0 aliphatic carbocycles. The second-order valence-electron chi connectivity index (χ2n) is 9.45. The molecule has 10 nitrogen and oxygen atoms in total. The van der Waals surface area contributed by atoms with Crippen LogP contribution in [0.2, 0.25) is 0 Å². The summed E-state index contributed by atoms with van der Waals surface area (Å²) in [5.74, 6) is -0.631. The molecule has 2 aromatic carbocycles. The van der Waals surface area contributed by atoms with Crippen molar-refractivity contribution in [2.24, 2.45) is 5.92 Å². The molecule has 0 unspecified atom stereocenters. The minimum atomic E-state index is -3.91. The lowest BCUT2D eigenvalue weighted by Crippen LogP contribution is -2.42. The van der Waals surface area contributed by atoms with Crippen LogP contribution in [0.4, 0.5) is 11.6 Å². The number of aromatic nitrogens is 2. The fraction of sp³-hybridized carbons (Fsp3) is 0.346. The van der Waals surface area contributed by atoms with Crippen molar-refractivity contribution in [3.05, 3.63) is 77.1 Å². The molecule has 0 bridgehead atoms. The van der Waals surface area contributed by atoms with Crippen LogP contribution >= 0.6 is 0 Å². The first-order chi connectivity index (χ1) is 17.9. The number of amides is 1. The quantitative estimate of drug-likeness (QED) is 0.433. The van der Waals surface area contributed by atoms with Gasteiger partial charge in [-0.05, 0) is 75.1 Å². The average molecular weight is 558 g/mol. The number of sulfonamides is 2. The molecule has 1 fully saturated rings. The summed E-state index contributed by atoms with van der Waals surface area (Å²) >= 11 is 0. The second kappa shape index (κ2) is 11.2. The lowest BCUT2D eigenvalue weighted by atomic mass is 9.97. The van der Waals surface area contributed by atoms with Crippen molar-refractivity contribution in [3.8, 4) is 0 Å². The van der Waals surface area contributed by atoms with E-state index in [0.717, 1.165) is 11.1 Å². The summed E-state index contributed by atoms with van der Waals surface area (Å²) in [4.78, 5) is 21.0. The van der Waals surface area contributed by atoms with Crippen molar-refractivity contribution in [2.75, 3.05) is 23.1 Å². The van der Waals surface area contributed by atoms with Gasteiger partial charge in [0, 0.05) is 36.1 Å². The topological polar surface area (TPSA) is 138 Å². The lowest BCUT2D eigenvalue weighted by molar-refractivity contribution is -0.120. The predicted octanol–water partition coefficient (Wildman–Crippen LogP) is 3.38. The maximum atomic E-state index is 12.9. The Morgan fingerprint density at radius 3 is 2.13 bits per heavy atom. The normalized spacial score (nSPS) is 15.2. The lowest BCUT2D eigenvalue weighted by Gasteiger charge is -2.30. The van der Waals surface area contributed by atoms with Crippen LogP contribution in [0.5, 0.6) is 0 Å². The molecule has 1 aliphatic heterocycles. The second-order valence-corrected chi connectivity index (χ2v) is 13.1. The Balaban J connectivity index is 1.33. The highest BCUT2D eigenvalue weighted by atomic mass is 32.2. The van der Waals surface area contributed by atoms with Crippen LogP contribution in [-0.4, -0.2) is 50.1 Å². The molecule has 3 aromatic rings. The van der Waals surface area contributed by atoms with E-state index in [1.165, 1.54) is 28.6 Å². The molecule has 0 spiro atoms. The van der Waals surface area contributed by atoms with Crippen LogP contribution in [0.1, 0.15) is 35.4 Å². The van der Waals surface area contributed by atoms with Crippen LogP contribution in [-0.2, 0) is 30.6 Å². The van der Waals surface area contributed by atoms with E-state index in [9.17, 15) is 21.6 Å². The molecule has 202 valence electrons. The fourth-order valence-corrected chi connectivity index (χ4v) is 6.98. The Bertz CT molecular complexity index is 1510. The molecular formula is C26H31N5O5S2. The van der Waals surface area contributed by atoms with E-state index in [1.807, 2.05) is 31.2 Å². The predicted molar refractivity (Wildman–Crippen MR) is 145 cm³/mol. The van der Waals surface area contributed by atoms with Gasteiger partial charge in [-0.3, -0.25) is 4.79 Å². The SMILES string of the molecule is Cc1cc(C)nc(NS(=O)(=O)c2ccc(NC(=O)C3CCN(S(=O)(=O)Cc4ccccc4C)CC3)cc2)n1. The molecule has 0 saturated carbocycles. The van der Waals surface area contributed by atoms with Crippen molar-refractivity contribution < 1.29 is 21.6 Å². The Labute approximate surface area is 223 Å². The maximum absolute atomic E-state index is 12.9. The summed E-state index contributed by atoms with van der Waals surface area (Å²) in [6, 6.07) is 14.9. The van der Waals surface area contributed by atoms with E-state index in [4.69, 9.17) is 0 Å². The largest absolute Gasteiger partial charge is 0.326 e. The van der Waals surface area contributed by atoms with Gasteiger partial charge in [-0.1, -0.05) is 24.3 Å². The van der Waals surface area contributed by atoms with Crippen LogP contribution in [0.25, 0.3) is 0 Å².